The second-order valence-electron chi connectivity index (χ2n) is 7.40. The number of aromatic nitrogens is 2. The number of primary sulfonamides is 1. The normalized spacial score (nSPS) is 13.4. The molecule has 3 aromatic rings. The molecular weight excluding hydrogens is 435 g/mol. The van der Waals surface area contributed by atoms with E-state index in [4.69, 9.17) is 5.14 Å². The number of amides is 1. The quantitative estimate of drug-likeness (QED) is 0.409. The lowest BCUT2D eigenvalue weighted by molar-refractivity contribution is -0.122. The van der Waals surface area contributed by atoms with E-state index >= 15 is 0 Å². The van der Waals surface area contributed by atoms with Crippen molar-refractivity contribution in [3.05, 3.63) is 66.1 Å². The van der Waals surface area contributed by atoms with E-state index in [1.807, 2.05) is 12.1 Å². The number of hydrogen-bond donors (Lipinski definition) is 4. The predicted octanol–water partition coefficient (Wildman–Crippen LogP) is 2.78. The van der Waals surface area contributed by atoms with E-state index in [9.17, 15) is 17.6 Å². The maximum Gasteiger partial charge on any atom is 0.238 e. The first-order chi connectivity index (χ1) is 15.3. The monoisotopic (exact) mass is 456 g/mol. The Labute approximate surface area is 184 Å². The number of halogens is 1. The molecule has 4 rings (SSSR count). The highest BCUT2D eigenvalue weighted by Crippen LogP contribution is 2.29. The summed E-state index contributed by atoms with van der Waals surface area (Å²) in [4.78, 5) is 19.7. The fraction of sp³-hybridized carbons (Fsp3) is 0.190. The molecule has 1 saturated carbocycles. The van der Waals surface area contributed by atoms with Gasteiger partial charge in [0.15, 0.2) is 11.6 Å². The minimum absolute atomic E-state index is 0.0557. The van der Waals surface area contributed by atoms with Crippen LogP contribution < -0.4 is 21.1 Å². The summed E-state index contributed by atoms with van der Waals surface area (Å²) in [6, 6.07) is 13.0. The van der Waals surface area contributed by atoms with Crippen LogP contribution in [-0.2, 0) is 21.4 Å². The largest absolute Gasteiger partial charge is 0.352 e. The topological polar surface area (TPSA) is 139 Å². The van der Waals surface area contributed by atoms with E-state index in [1.165, 1.54) is 18.2 Å². The van der Waals surface area contributed by atoms with E-state index in [-0.39, 0.29) is 28.5 Å². The zero-order chi connectivity index (χ0) is 22.7. The number of hydrogen-bond acceptors (Lipinski definition) is 7. The molecule has 1 amide bonds. The van der Waals surface area contributed by atoms with Crippen molar-refractivity contribution < 1.29 is 17.6 Å². The molecule has 2 aromatic carbocycles. The molecule has 32 heavy (non-hydrogen) atoms. The number of rotatable bonds is 8. The third-order valence-electron chi connectivity index (χ3n) is 4.79. The van der Waals surface area contributed by atoms with Gasteiger partial charge >= 0.3 is 0 Å². The SMILES string of the molecule is NS(=O)(=O)c1cccc(Nc2ncc(F)c(Nc3ccc(CNC(=O)C4CC4)cc3)n2)c1. The first-order valence-electron chi connectivity index (χ1n) is 9.84. The van der Waals surface area contributed by atoms with Crippen molar-refractivity contribution in [1.82, 2.24) is 15.3 Å². The Bertz CT molecular complexity index is 1250. The van der Waals surface area contributed by atoms with Crippen molar-refractivity contribution in [2.24, 2.45) is 11.1 Å². The van der Waals surface area contributed by atoms with Crippen LogP contribution in [0.5, 0.6) is 0 Å². The molecule has 1 aromatic heterocycles. The van der Waals surface area contributed by atoms with Crippen LogP contribution in [0.4, 0.5) is 27.5 Å². The Balaban J connectivity index is 1.43. The molecule has 1 aliphatic carbocycles. The molecule has 1 heterocycles. The van der Waals surface area contributed by atoms with Gasteiger partial charge in [-0.25, -0.2) is 22.9 Å². The maximum absolute atomic E-state index is 14.2. The molecular formula is C21H21FN6O3S. The summed E-state index contributed by atoms with van der Waals surface area (Å²) in [5, 5.41) is 13.7. The van der Waals surface area contributed by atoms with Gasteiger partial charge in [-0.15, -0.1) is 0 Å². The van der Waals surface area contributed by atoms with Crippen LogP contribution in [-0.4, -0.2) is 24.3 Å². The van der Waals surface area contributed by atoms with E-state index < -0.39 is 15.8 Å². The zero-order valence-electron chi connectivity index (χ0n) is 16.9. The smallest absolute Gasteiger partial charge is 0.238 e. The fourth-order valence-corrected chi connectivity index (χ4v) is 3.48. The summed E-state index contributed by atoms with van der Waals surface area (Å²) in [5.74, 6) is -0.416. The Morgan fingerprint density at radius 3 is 2.53 bits per heavy atom. The summed E-state index contributed by atoms with van der Waals surface area (Å²) < 4.78 is 37.2. The van der Waals surface area contributed by atoms with Crippen molar-refractivity contribution >= 4 is 39.1 Å². The first kappa shape index (κ1) is 21.7. The molecule has 5 N–H and O–H groups in total. The Kier molecular flexibility index (Phi) is 6.01. The van der Waals surface area contributed by atoms with Crippen LogP contribution in [0.1, 0.15) is 18.4 Å². The van der Waals surface area contributed by atoms with Crippen LogP contribution >= 0.6 is 0 Å². The van der Waals surface area contributed by atoms with Crippen LogP contribution in [0.2, 0.25) is 0 Å². The molecule has 0 spiro atoms. The highest BCUT2D eigenvalue weighted by molar-refractivity contribution is 7.89. The number of benzene rings is 2. The summed E-state index contributed by atoms with van der Waals surface area (Å²) in [6.45, 7) is 0.434. The minimum atomic E-state index is -3.86. The third kappa shape index (κ3) is 5.56. The first-order valence-corrected chi connectivity index (χ1v) is 11.4. The molecule has 1 fully saturated rings. The van der Waals surface area contributed by atoms with Crippen LogP contribution in [0.3, 0.4) is 0 Å². The number of nitrogens with one attached hydrogen (secondary N) is 3. The average molecular weight is 457 g/mol. The number of sulfonamides is 1. The molecule has 1 aliphatic rings. The second kappa shape index (κ2) is 8.89. The van der Waals surface area contributed by atoms with Gasteiger partial charge in [-0.05, 0) is 48.7 Å². The molecule has 0 unspecified atom stereocenters. The lowest BCUT2D eigenvalue weighted by Gasteiger charge is -2.11. The maximum atomic E-state index is 14.2. The van der Waals surface area contributed by atoms with Gasteiger partial charge in [-0.1, -0.05) is 18.2 Å². The van der Waals surface area contributed by atoms with Gasteiger partial charge in [-0.3, -0.25) is 4.79 Å². The van der Waals surface area contributed by atoms with Gasteiger partial charge in [0, 0.05) is 23.8 Å². The third-order valence-corrected chi connectivity index (χ3v) is 5.71. The molecule has 166 valence electrons. The highest BCUT2D eigenvalue weighted by atomic mass is 32.2. The molecule has 0 atom stereocenters. The van der Waals surface area contributed by atoms with Gasteiger partial charge in [0.2, 0.25) is 21.9 Å². The lowest BCUT2D eigenvalue weighted by atomic mass is 10.2. The number of carbonyl (C=O) groups is 1. The molecule has 0 saturated heterocycles. The summed E-state index contributed by atoms with van der Waals surface area (Å²) in [6.07, 6.45) is 2.91. The van der Waals surface area contributed by atoms with Gasteiger partial charge < -0.3 is 16.0 Å². The number of nitrogens with zero attached hydrogens (tertiary/aromatic N) is 2. The Hall–Kier alpha value is -3.57. The van der Waals surface area contributed by atoms with Crippen molar-refractivity contribution in [1.29, 1.82) is 0 Å². The minimum Gasteiger partial charge on any atom is -0.352 e. The van der Waals surface area contributed by atoms with Gasteiger partial charge in [-0.2, -0.15) is 4.98 Å². The second-order valence-corrected chi connectivity index (χ2v) is 8.96. The molecule has 0 aliphatic heterocycles. The zero-order valence-corrected chi connectivity index (χ0v) is 17.7. The number of nitrogens with two attached hydrogens (primary N) is 1. The number of anilines is 4. The highest BCUT2D eigenvalue weighted by Gasteiger charge is 2.29. The van der Waals surface area contributed by atoms with E-state index in [0.717, 1.165) is 24.6 Å². The molecule has 0 radical (unpaired) electrons. The fourth-order valence-electron chi connectivity index (χ4n) is 2.92. The standard InChI is InChI=1S/C21H21FN6O3S/c22-18-12-25-21(27-16-2-1-3-17(10-16)32(23,30)31)28-19(18)26-15-8-4-13(5-9-15)11-24-20(29)14-6-7-14/h1-5,8-10,12,14H,6-7,11H2,(H,24,29)(H2,23,30,31)(H2,25,26,27,28). The van der Waals surface area contributed by atoms with Crippen molar-refractivity contribution in [3.8, 4) is 0 Å². The predicted molar refractivity (Wildman–Crippen MR) is 117 cm³/mol. The van der Waals surface area contributed by atoms with Gasteiger partial charge in [0.25, 0.3) is 0 Å². The van der Waals surface area contributed by atoms with Crippen molar-refractivity contribution in [3.63, 3.8) is 0 Å². The summed E-state index contributed by atoms with van der Waals surface area (Å²) in [7, 11) is -3.86. The van der Waals surface area contributed by atoms with Crippen LogP contribution in [0.15, 0.2) is 59.6 Å². The van der Waals surface area contributed by atoms with E-state index in [1.54, 1.807) is 18.2 Å². The van der Waals surface area contributed by atoms with Crippen molar-refractivity contribution in [2.75, 3.05) is 10.6 Å². The molecule has 0 bridgehead atoms. The summed E-state index contributed by atoms with van der Waals surface area (Å²) >= 11 is 0. The van der Waals surface area contributed by atoms with Crippen molar-refractivity contribution in [2.45, 2.75) is 24.3 Å². The summed E-state index contributed by atoms with van der Waals surface area (Å²) in [5.41, 5.74) is 1.90. The number of carbonyl (C=O) groups excluding carboxylic acids is 1. The lowest BCUT2D eigenvalue weighted by Crippen LogP contribution is -2.24. The Morgan fingerprint density at radius 2 is 1.84 bits per heavy atom. The average Bonchev–Trinajstić information content (AvgIpc) is 3.61. The Morgan fingerprint density at radius 1 is 1.09 bits per heavy atom. The van der Waals surface area contributed by atoms with Gasteiger partial charge in [0.05, 0.1) is 11.1 Å². The molecule has 9 nitrogen and oxygen atoms in total. The van der Waals surface area contributed by atoms with Gasteiger partial charge in [0.1, 0.15) is 0 Å². The van der Waals surface area contributed by atoms with E-state index in [0.29, 0.717) is 17.9 Å². The van der Waals surface area contributed by atoms with Crippen LogP contribution in [0.25, 0.3) is 0 Å². The van der Waals surface area contributed by atoms with Crippen LogP contribution in [0, 0.1) is 11.7 Å². The van der Waals surface area contributed by atoms with E-state index in [2.05, 4.69) is 25.9 Å². The molecule has 11 heteroatoms.